The summed E-state index contributed by atoms with van der Waals surface area (Å²) < 4.78 is 28.4. The summed E-state index contributed by atoms with van der Waals surface area (Å²) in [5.41, 5.74) is 0.580. The van der Waals surface area contributed by atoms with Crippen molar-refractivity contribution >= 4 is 10.0 Å². The smallest absolute Gasteiger partial charge is 0.240 e. The summed E-state index contributed by atoms with van der Waals surface area (Å²) in [4.78, 5) is 4.07. The molecule has 2 N–H and O–H groups in total. The minimum absolute atomic E-state index is 0.0176. The van der Waals surface area contributed by atoms with Crippen LogP contribution in [-0.2, 0) is 23.6 Å². The Kier molecular flexibility index (Phi) is 4.71. The van der Waals surface area contributed by atoms with E-state index in [2.05, 4.69) is 14.8 Å². The summed E-state index contributed by atoms with van der Waals surface area (Å²) in [7, 11) is -1.95. The van der Waals surface area contributed by atoms with Gasteiger partial charge in [0.15, 0.2) is 5.82 Å². The first kappa shape index (κ1) is 15.6. The van der Waals surface area contributed by atoms with E-state index in [1.165, 1.54) is 23.1 Å². The number of hydrogen-bond donors (Lipinski definition) is 2. The molecule has 1 aromatic carbocycles. The van der Waals surface area contributed by atoms with Gasteiger partial charge in [0.2, 0.25) is 10.0 Å². The fourth-order valence-corrected chi connectivity index (χ4v) is 2.87. The quantitative estimate of drug-likeness (QED) is 0.820. The molecule has 8 heteroatoms. The minimum Gasteiger partial charge on any atom is -0.388 e. The van der Waals surface area contributed by atoms with Crippen molar-refractivity contribution in [3.8, 4) is 0 Å². The van der Waals surface area contributed by atoms with Gasteiger partial charge in [0, 0.05) is 7.05 Å². The molecule has 0 amide bonds. The van der Waals surface area contributed by atoms with Crippen molar-refractivity contribution in [1.82, 2.24) is 19.5 Å². The summed E-state index contributed by atoms with van der Waals surface area (Å²) in [6, 6.07) is 6.28. The van der Waals surface area contributed by atoms with Crippen LogP contribution in [0.5, 0.6) is 0 Å². The lowest BCUT2D eigenvalue weighted by atomic mass is 10.1. The maximum absolute atomic E-state index is 12.2. The molecule has 0 spiro atoms. The van der Waals surface area contributed by atoms with Crippen molar-refractivity contribution in [1.29, 1.82) is 0 Å². The van der Waals surface area contributed by atoms with E-state index in [0.717, 1.165) is 0 Å². The number of hydrogen-bond acceptors (Lipinski definition) is 5. The van der Waals surface area contributed by atoms with E-state index in [1.807, 2.05) is 6.92 Å². The number of nitrogens with one attached hydrogen (secondary N) is 1. The van der Waals surface area contributed by atoms with E-state index in [0.29, 0.717) is 17.8 Å². The molecule has 0 saturated carbocycles. The van der Waals surface area contributed by atoms with Gasteiger partial charge in [-0.15, -0.1) is 0 Å². The van der Waals surface area contributed by atoms with Crippen LogP contribution < -0.4 is 4.72 Å². The average Bonchev–Trinajstić information content (AvgIpc) is 2.90. The van der Waals surface area contributed by atoms with Gasteiger partial charge in [0.25, 0.3) is 0 Å². The monoisotopic (exact) mass is 310 g/mol. The molecule has 0 aliphatic rings. The molecule has 0 saturated heterocycles. The van der Waals surface area contributed by atoms with E-state index >= 15 is 0 Å². The van der Waals surface area contributed by atoms with Crippen LogP contribution in [0.3, 0.4) is 0 Å². The third-order valence-electron chi connectivity index (χ3n) is 3.01. The van der Waals surface area contributed by atoms with Gasteiger partial charge < -0.3 is 5.11 Å². The van der Waals surface area contributed by atoms with E-state index in [1.54, 1.807) is 19.2 Å². The molecular formula is C13H18N4O3S. The van der Waals surface area contributed by atoms with Gasteiger partial charge in [-0.2, -0.15) is 5.10 Å². The molecule has 1 unspecified atom stereocenters. The molecule has 7 nitrogen and oxygen atoms in total. The van der Waals surface area contributed by atoms with E-state index in [-0.39, 0.29) is 11.4 Å². The number of aryl methyl sites for hydroxylation is 1. The maximum atomic E-state index is 12.2. The van der Waals surface area contributed by atoms with Gasteiger partial charge in [0.05, 0.1) is 17.5 Å². The van der Waals surface area contributed by atoms with Crippen molar-refractivity contribution in [2.75, 3.05) is 0 Å². The predicted molar refractivity (Wildman–Crippen MR) is 76.7 cm³/mol. The van der Waals surface area contributed by atoms with Crippen molar-refractivity contribution in [2.24, 2.45) is 7.05 Å². The summed E-state index contributed by atoms with van der Waals surface area (Å²) in [5, 5.41) is 13.8. The Morgan fingerprint density at radius 2 is 2.19 bits per heavy atom. The van der Waals surface area contributed by atoms with Crippen molar-refractivity contribution in [3.63, 3.8) is 0 Å². The van der Waals surface area contributed by atoms with Crippen LogP contribution in [0.4, 0.5) is 0 Å². The molecule has 1 heterocycles. The van der Waals surface area contributed by atoms with Crippen LogP contribution in [-0.4, -0.2) is 28.3 Å². The second kappa shape index (κ2) is 6.33. The maximum Gasteiger partial charge on any atom is 0.240 e. The number of benzene rings is 1. The van der Waals surface area contributed by atoms with Crippen molar-refractivity contribution in [3.05, 3.63) is 42.0 Å². The van der Waals surface area contributed by atoms with Gasteiger partial charge in [-0.3, -0.25) is 4.68 Å². The Balaban J connectivity index is 2.15. The second-order valence-electron chi connectivity index (χ2n) is 4.66. The van der Waals surface area contributed by atoms with E-state index < -0.39 is 16.1 Å². The summed E-state index contributed by atoms with van der Waals surface area (Å²) in [6.07, 6.45) is 1.36. The fourth-order valence-electron chi connectivity index (χ4n) is 1.83. The lowest BCUT2D eigenvalue weighted by Gasteiger charge is -2.10. The summed E-state index contributed by atoms with van der Waals surface area (Å²) in [5.74, 6) is 0.394. The standard InChI is InChI=1S/C13H18N4O3S/c1-3-12(18)10-5-4-6-11(7-10)21(19,20)15-8-13-14-9-17(2)16-13/h4-7,9,12,15,18H,3,8H2,1-2H3. The van der Waals surface area contributed by atoms with Gasteiger partial charge >= 0.3 is 0 Å². The first-order valence-electron chi connectivity index (χ1n) is 6.54. The van der Waals surface area contributed by atoms with Crippen LogP contribution in [0, 0.1) is 0 Å². The number of aromatic nitrogens is 3. The molecule has 0 fully saturated rings. The van der Waals surface area contributed by atoms with Crippen LogP contribution in [0.15, 0.2) is 35.5 Å². The average molecular weight is 310 g/mol. The molecule has 2 aromatic rings. The highest BCUT2D eigenvalue weighted by molar-refractivity contribution is 7.89. The zero-order valence-corrected chi connectivity index (χ0v) is 12.7. The highest BCUT2D eigenvalue weighted by Crippen LogP contribution is 2.19. The Bertz CT molecular complexity index is 712. The number of nitrogens with zero attached hydrogens (tertiary/aromatic N) is 3. The molecule has 0 bridgehead atoms. The molecule has 1 aromatic heterocycles. The van der Waals surface area contributed by atoms with Crippen LogP contribution in [0.2, 0.25) is 0 Å². The number of aliphatic hydroxyl groups excluding tert-OH is 1. The molecule has 1 atom stereocenters. The molecular weight excluding hydrogens is 292 g/mol. The highest BCUT2D eigenvalue weighted by Gasteiger charge is 2.16. The Hall–Kier alpha value is -1.77. The lowest BCUT2D eigenvalue weighted by Crippen LogP contribution is -2.24. The van der Waals surface area contributed by atoms with Crippen molar-refractivity contribution < 1.29 is 13.5 Å². The first-order chi connectivity index (χ1) is 9.92. The highest BCUT2D eigenvalue weighted by atomic mass is 32.2. The number of sulfonamides is 1. The first-order valence-corrected chi connectivity index (χ1v) is 8.03. The fraction of sp³-hybridized carbons (Fsp3) is 0.385. The largest absolute Gasteiger partial charge is 0.388 e. The zero-order chi connectivity index (χ0) is 15.5. The normalized spacial score (nSPS) is 13.3. The van der Waals surface area contributed by atoms with Gasteiger partial charge in [0.1, 0.15) is 6.33 Å². The SMILES string of the molecule is CCC(O)c1cccc(S(=O)(=O)NCc2ncn(C)n2)c1. The Labute approximate surface area is 123 Å². The van der Waals surface area contributed by atoms with Crippen LogP contribution in [0.25, 0.3) is 0 Å². The van der Waals surface area contributed by atoms with Gasteiger partial charge in [-0.25, -0.2) is 18.1 Å². The summed E-state index contributed by atoms with van der Waals surface area (Å²) >= 11 is 0. The number of rotatable bonds is 6. The van der Waals surface area contributed by atoms with Gasteiger partial charge in [-0.05, 0) is 24.1 Å². The predicted octanol–water partition coefficient (Wildman–Crippen LogP) is 0.737. The Morgan fingerprint density at radius 3 is 2.81 bits per heavy atom. The Morgan fingerprint density at radius 1 is 1.43 bits per heavy atom. The molecule has 114 valence electrons. The molecule has 21 heavy (non-hydrogen) atoms. The third-order valence-corrected chi connectivity index (χ3v) is 4.41. The second-order valence-corrected chi connectivity index (χ2v) is 6.42. The van der Waals surface area contributed by atoms with Crippen molar-refractivity contribution in [2.45, 2.75) is 30.9 Å². The third kappa shape index (κ3) is 3.87. The number of aliphatic hydroxyl groups is 1. The minimum atomic E-state index is -3.66. The van der Waals surface area contributed by atoms with Crippen LogP contribution in [0.1, 0.15) is 30.8 Å². The van der Waals surface area contributed by atoms with E-state index in [9.17, 15) is 13.5 Å². The molecule has 2 rings (SSSR count). The van der Waals surface area contributed by atoms with Gasteiger partial charge in [-0.1, -0.05) is 19.1 Å². The van der Waals surface area contributed by atoms with Crippen LogP contribution >= 0.6 is 0 Å². The van der Waals surface area contributed by atoms with E-state index in [4.69, 9.17) is 0 Å². The molecule has 0 radical (unpaired) electrons. The lowest BCUT2D eigenvalue weighted by molar-refractivity contribution is 0.173. The zero-order valence-electron chi connectivity index (χ0n) is 11.9. The molecule has 0 aliphatic heterocycles. The summed E-state index contributed by atoms with van der Waals surface area (Å²) in [6.45, 7) is 1.85. The molecule has 0 aliphatic carbocycles. The topological polar surface area (TPSA) is 97.1 Å².